The van der Waals surface area contributed by atoms with E-state index in [4.69, 9.17) is 21.1 Å². The van der Waals surface area contributed by atoms with Crippen LogP contribution in [0.5, 0.6) is 11.5 Å². The fraction of sp³-hybridized carbons (Fsp3) is 0.250. The number of aliphatic hydroxyl groups is 1. The number of halogens is 1. The van der Waals surface area contributed by atoms with Crippen molar-refractivity contribution in [3.05, 3.63) is 59.1 Å². The van der Waals surface area contributed by atoms with E-state index in [0.717, 1.165) is 11.3 Å². The summed E-state index contributed by atoms with van der Waals surface area (Å²) in [6.07, 6.45) is 2.22. The van der Waals surface area contributed by atoms with Crippen LogP contribution in [-0.2, 0) is 9.53 Å². The van der Waals surface area contributed by atoms with Gasteiger partial charge in [0.2, 0.25) is 0 Å². The Labute approximate surface area is 163 Å². The minimum Gasteiger partial charge on any atom is -0.493 e. The fourth-order valence-electron chi connectivity index (χ4n) is 2.19. The Balaban J connectivity index is 1.89. The molecule has 2 N–H and O–H groups in total. The lowest BCUT2D eigenvalue weighted by Crippen LogP contribution is -2.26. The van der Waals surface area contributed by atoms with E-state index in [1.54, 1.807) is 36.4 Å². The quantitative estimate of drug-likeness (QED) is 0.504. The third kappa shape index (κ3) is 6.84. The third-order valence-corrected chi connectivity index (χ3v) is 3.87. The van der Waals surface area contributed by atoms with Crippen LogP contribution in [0.2, 0.25) is 5.02 Å². The molecule has 0 bridgehead atoms. The number of rotatable bonds is 9. The number of hydrogen-bond acceptors (Lipinski definition) is 6. The van der Waals surface area contributed by atoms with Crippen LogP contribution < -0.4 is 14.8 Å². The highest BCUT2D eigenvalue weighted by molar-refractivity contribution is 6.30. The Bertz CT molecular complexity index is 776. The molecule has 0 aliphatic rings. The fourth-order valence-corrected chi connectivity index (χ4v) is 2.31. The van der Waals surface area contributed by atoms with Crippen molar-refractivity contribution < 1.29 is 24.1 Å². The highest BCUT2D eigenvalue weighted by Crippen LogP contribution is 2.28. The summed E-state index contributed by atoms with van der Waals surface area (Å²) < 4.78 is 15.5. The number of carbonyl (C=O) groups excluding carboxylic acids is 1. The van der Waals surface area contributed by atoms with Crippen molar-refractivity contribution in [3.8, 4) is 11.5 Å². The molecule has 1 unspecified atom stereocenters. The van der Waals surface area contributed by atoms with Crippen molar-refractivity contribution in [2.45, 2.75) is 6.10 Å². The molecule has 0 fully saturated rings. The molecule has 1 atom stereocenters. The lowest BCUT2D eigenvalue weighted by molar-refractivity contribution is -0.134. The monoisotopic (exact) mass is 391 g/mol. The highest BCUT2D eigenvalue weighted by atomic mass is 35.5. The zero-order valence-electron chi connectivity index (χ0n) is 15.1. The zero-order valence-corrected chi connectivity index (χ0v) is 15.9. The number of carbonyl (C=O) groups is 1. The molecule has 144 valence electrons. The number of hydrogen-bond donors (Lipinski definition) is 2. The second-order valence-corrected chi connectivity index (χ2v) is 6.06. The van der Waals surface area contributed by atoms with Gasteiger partial charge in [-0.15, -0.1) is 0 Å². The molecule has 0 heterocycles. The molecule has 2 aromatic carbocycles. The third-order valence-electron chi connectivity index (χ3n) is 3.62. The largest absolute Gasteiger partial charge is 0.493 e. The van der Waals surface area contributed by atoms with E-state index < -0.39 is 12.1 Å². The number of anilines is 1. The van der Waals surface area contributed by atoms with Gasteiger partial charge in [-0.3, -0.25) is 0 Å². The summed E-state index contributed by atoms with van der Waals surface area (Å²) in [6, 6.07) is 12.4. The van der Waals surface area contributed by atoms with E-state index in [9.17, 15) is 9.90 Å². The van der Waals surface area contributed by atoms with Gasteiger partial charge in [0, 0.05) is 23.3 Å². The van der Waals surface area contributed by atoms with Gasteiger partial charge in [-0.25, -0.2) is 4.79 Å². The summed E-state index contributed by atoms with van der Waals surface area (Å²) in [6.45, 7) is 0.415. The van der Waals surface area contributed by atoms with E-state index in [2.05, 4.69) is 10.1 Å². The predicted molar refractivity (Wildman–Crippen MR) is 105 cm³/mol. The molecular weight excluding hydrogens is 370 g/mol. The van der Waals surface area contributed by atoms with Crippen LogP contribution in [-0.4, -0.2) is 44.6 Å². The first-order valence-electron chi connectivity index (χ1n) is 8.26. The standard InChI is InChI=1S/C20H22ClNO5/c1-25-19-11-14(4-10-20(24)26-2)3-9-18(19)27-13-17(23)12-22-16-7-5-15(21)6-8-16/h3-11,17,22-23H,12-13H2,1-2H3/b10-4+. The highest BCUT2D eigenvalue weighted by Gasteiger charge is 2.09. The molecule has 6 nitrogen and oxygen atoms in total. The van der Waals surface area contributed by atoms with Crippen LogP contribution in [0, 0.1) is 0 Å². The van der Waals surface area contributed by atoms with E-state index in [-0.39, 0.29) is 6.61 Å². The topological polar surface area (TPSA) is 77.0 Å². The second kappa shape index (κ2) is 10.4. The molecule has 0 saturated carbocycles. The first kappa shape index (κ1) is 20.6. The van der Waals surface area contributed by atoms with E-state index >= 15 is 0 Å². The smallest absolute Gasteiger partial charge is 0.330 e. The molecule has 0 saturated heterocycles. The molecule has 2 aromatic rings. The lowest BCUT2D eigenvalue weighted by Gasteiger charge is -2.16. The van der Waals surface area contributed by atoms with E-state index in [0.29, 0.717) is 23.1 Å². The van der Waals surface area contributed by atoms with Crippen LogP contribution in [0.25, 0.3) is 6.08 Å². The molecule has 2 rings (SSSR count). The van der Waals surface area contributed by atoms with Crippen molar-refractivity contribution in [3.63, 3.8) is 0 Å². The van der Waals surface area contributed by atoms with Gasteiger partial charge in [0.25, 0.3) is 0 Å². The number of aliphatic hydroxyl groups excluding tert-OH is 1. The summed E-state index contributed by atoms with van der Waals surface area (Å²) in [5.74, 6) is 0.559. The second-order valence-electron chi connectivity index (χ2n) is 5.62. The number of benzene rings is 2. The maximum absolute atomic E-state index is 11.2. The Morgan fingerprint density at radius 1 is 1.19 bits per heavy atom. The summed E-state index contributed by atoms with van der Waals surface area (Å²) in [4.78, 5) is 11.2. The molecule has 0 aliphatic heterocycles. The maximum Gasteiger partial charge on any atom is 0.330 e. The van der Waals surface area contributed by atoms with Gasteiger partial charge in [-0.2, -0.15) is 0 Å². The number of methoxy groups -OCH3 is 2. The number of nitrogens with one attached hydrogen (secondary N) is 1. The van der Waals surface area contributed by atoms with Crippen molar-refractivity contribution >= 4 is 29.3 Å². The van der Waals surface area contributed by atoms with Gasteiger partial charge >= 0.3 is 5.97 Å². The summed E-state index contributed by atoms with van der Waals surface area (Å²) >= 11 is 5.84. The van der Waals surface area contributed by atoms with Crippen molar-refractivity contribution in [1.29, 1.82) is 0 Å². The Morgan fingerprint density at radius 3 is 2.59 bits per heavy atom. The molecule has 27 heavy (non-hydrogen) atoms. The van der Waals surface area contributed by atoms with Crippen LogP contribution in [0.4, 0.5) is 5.69 Å². The first-order valence-corrected chi connectivity index (χ1v) is 8.64. The minimum atomic E-state index is -0.718. The summed E-state index contributed by atoms with van der Waals surface area (Å²) in [5, 5.41) is 13.9. The molecule has 0 aromatic heterocycles. The maximum atomic E-state index is 11.2. The lowest BCUT2D eigenvalue weighted by atomic mass is 10.2. The van der Waals surface area contributed by atoms with E-state index in [1.165, 1.54) is 20.3 Å². The SMILES string of the molecule is COC(=O)/C=C/c1ccc(OCC(O)CNc2ccc(Cl)cc2)c(OC)c1. The van der Waals surface area contributed by atoms with Gasteiger partial charge < -0.3 is 24.6 Å². The van der Waals surface area contributed by atoms with Crippen molar-refractivity contribution in [2.75, 3.05) is 32.7 Å². The van der Waals surface area contributed by atoms with Gasteiger partial charge in [0.05, 0.1) is 14.2 Å². The van der Waals surface area contributed by atoms with Crippen LogP contribution in [0.3, 0.4) is 0 Å². The predicted octanol–water partition coefficient (Wildman–Crippen LogP) is 3.39. The molecular formula is C20H22ClNO5. The Morgan fingerprint density at radius 2 is 1.93 bits per heavy atom. The average molecular weight is 392 g/mol. The zero-order chi connectivity index (χ0) is 19.6. The molecule has 0 radical (unpaired) electrons. The van der Waals surface area contributed by atoms with Crippen LogP contribution in [0.1, 0.15) is 5.56 Å². The minimum absolute atomic E-state index is 0.0916. The molecule has 7 heteroatoms. The van der Waals surface area contributed by atoms with Crippen LogP contribution >= 0.6 is 11.6 Å². The number of ether oxygens (including phenoxy) is 3. The first-order chi connectivity index (χ1) is 13.0. The van der Waals surface area contributed by atoms with Crippen LogP contribution in [0.15, 0.2) is 48.5 Å². The van der Waals surface area contributed by atoms with Gasteiger partial charge in [0.15, 0.2) is 11.5 Å². The summed E-state index contributed by atoms with van der Waals surface area (Å²) in [5.41, 5.74) is 1.62. The van der Waals surface area contributed by atoms with Crippen molar-refractivity contribution in [1.82, 2.24) is 0 Å². The van der Waals surface area contributed by atoms with Gasteiger partial charge in [-0.1, -0.05) is 17.7 Å². The van der Waals surface area contributed by atoms with Crippen molar-refractivity contribution in [2.24, 2.45) is 0 Å². The summed E-state index contributed by atoms with van der Waals surface area (Å²) in [7, 11) is 2.84. The molecule has 0 amide bonds. The molecule has 0 spiro atoms. The Kier molecular flexibility index (Phi) is 7.98. The van der Waals surface area contributed by atoms with E-state index in [1.807, 2.05) is 12.1 Å². The van der Waals surface area contributed by atoms with Gasteiger partial charge in [0.1, 0.15) is 12.7 Å². The number of esters is 1. The molecule has 0 aliphatic carbocycles. The normalized spacial score (nSPS) is 11.9. The van der Waals surface area contributed by atoms with Gasteiger partial charge in [-0.05, 0) is 48.0 Å². The Hall–Kier alpha value is -2.70. The average Bonchev–Trinajstić information content (AvgIpc) is 2.70.